The SMILES string of the molecule is [CH3][Sn]([CH3])([CH3])[c]1nc(Cl)nc(NOC(=O)C2CC3CCC2CC3)c1F. The van der Waals surface area contributed by atoms with Gasteiger partial charge in [0.2, 0.25) is 0 Å². The Kier molecular flexibility index (Phi) is 5.25. The van der Waals surface area contributed by atoms with Crippen molar-refractivity contribution in [3.05, 3.63) is 11.1 Å². The van der Waals surface area contributed by atoms with Crippen LogP contribution in [0.3, 0.4) is 0 Å². The Bertz CT molecular complexity index is 645. The summed E-state index contributed by atoms with van der Waals surface area (Å²) < 4.78 is 15.0. The maximum atomic E-state index is 14.6. The van der Waals surface area contributed by atoms with Crippen molar-refractivity contribution in [2.75, 3.05) is 5.48 Å². The number of fused-ring (bicyclic) bond motifs is 3. The first-order valence-electron chi connectivity index (χ1n) is 8.46. The van der Waals surface area contributed by atoms with Crippen LogP contribution in [-0.4, -0.2) is 34.3 Å². The second kappa shape index (κ2) is 6.94. The first-order chi connectivity index (χ1) is 11.3. The maximum absolute atomic E-state index is 14.6. The molecule has 0 saturated heterocycles. The molecule has 0 aliphatic heterocycles. The molecule has 2 bridgehead atoms. The minimum atomic E-state index is -2.79. The normalized spacial score (nSPS) is 26.3. The van der Waals surface area contributed by atoms with E-state index in [0.29, 0.717) is 15.5 Å². The van der Waals surface area contributed by atoms with Crippen molar-refractivity contribution in [1.29, 1.82) is 0 Å². The fourth-order valence-corrected chi connectivity index (χ4v) is 7.67. The summed E-state index contributed by atoms with van der Waals surface area (Å²) in [7, 11) is 0. The van der Waals surface area contributed by atoms with Crippen LogP contribution in [0, 0.1) is 23.6 Å². The van der Waals surface area contributed by atoms with Crippen LogP contribution < -0.4 is 9.19 Å². The molecule has 1 unspecified atom stereocenters. The van der Waals surface area contributed by atoms with Gasteiger partial charge in [0.15, 0.2) is 0 Å². The average Bonchev–Trinajstić information content (AvgIpc) is 2.55. The molecule has 132 valence electrons. The van der Waals surface area contributed by atoms with Crippen molar-refractivity contribution < 1.29 is 14.0 Å². The summed E-state index contributed by atoms with van der Waals surface area (Å²) in [6, 6.07) is 0. The number of nitrogens with one attached hydrogen (secondary N) is 1. The first kappa shape index (κ1) is 18.2. The number of aromatic nitrogens is 2. The zero-order valence-corrected chi connectivity index (χ0v) is 17.8. The van der Waals surface area contributed by atoms with Crippen LogP contribution in [-0.2, 0) is 9.63 Å². The van der Waals surface area contributed by atoms with E-state index in [0.717, 1.165) is 19.3 Å². The monoisotopic (exact) mass is 463 g/mol. The molecule has 1 aromatic heterocycles. The van der Waals surface area contributed by atoms with Crippen LogP contribution >= 0.6 is 11.6 Å². The van der Waals surface area contributed by atoms with Gasteiger partial charge in [-0.1, -0.05) is 0 Å². The van der Waals surface area contributed by atoms with Gasteiger partial charge in [-0.25, -0.2) is 0 Å². The number of hydrogen-bond donors (Lipinski definition) is 1. The van der Waals surface area contributed by atoms with E-state index in [9.17, 15) is 9.18 Å². The number of rotatable bonds is 4. The molecule has 1 atom stereocenters. The molecule has 4 rings (SSSR count). The molecule has 3 fully saturated rings. The third kappa shape index (κ3) is 3.79. The van der Waals surface area contributed by atoms with E-state index in [1.165, 1.54) is 12.8 Å². The molecule has 8 heteroatoms. The summed E-state index contributed by atoms with van der Waals surface area (Å²) in [5.41, 5.74) is 2.40. The van der Waals surface area contributed by atoms with Gasteiger partial charge in [-0.15, -0.1) is 0 Å². The summed E-state index contributed by atoms with van der Waals surface area (Å²) in [6.45, 7) is 0. The molecular weight excluding hydrogens is 439 g/mol. The molecule has 3 aliphatic rings. The predicted octanol–water partition coefficient (Wildman–Crippen LogP) is 3.51. The minimum absolute atomic E-state index is 0.0340. The van der Waals surface area contributed by atoms with Gasteiger partial charge in [0.1, 0.15) is 0 Å². The number of anilines is 1. The standard InChI is InChI=1S/C13H14ClFN3O2.3CH3.Sn/c14-13-16-6-10(15)11(17-13)18-20-12(19)9-5-7-1-3-8(9)4-2-7;;;;/h7-9H,1-5H2,(H,16,17,18);3*1H3;. The summed E-state index contributed by atoms with van der Waals surface area (Å²) in [4.78, 5) is 31.5. The third-order valence-electron chi connectivity index (χ3n) is 5.13. The number of hydrogen-bond acceptors (Lipinski definition) is 5. The van der Waals surface area contributed by atoms with Gasteiger partial charge in [0.05, 0.1) is 0 Å². The fraction of sp³-hybridized carbons (Fsp3) is 0.688. The van der Waals surface area contributed by atoms with E-state index in [1.807, 2.05) is 14.8 Å². The molecule has 3 aliphatic carbocycles. The topological polar surface area (TPSA) is 64.1 Å². The predicted molar refractivity (Wildman–Crippen MR) is 93.2 cm³/mol. The second-order valence-electron chi connectivity index (χ2n) is 7.90. The first-order valence-corrected chi connectivity index (χ1v) is 18.8. The van der Waals surface area contributed by atoms with Gasteiger partial charge in [-0.3, -0.25) is 0 Å². The Balaban J connectivity index is 1.70. The molecule has 3 saturated carbocycles. The van der Waals surface area contributed by atoms with Crippen LogP contribution in [0.4, 0.5) is 10.2 Å². The molecule has 0 amide bonds. The van der Waals surface area contributed by atoms with Gasteiger partial charge in [0, 0.05) is 0 Å². The summed E-state index contributed by atoms with van der Waals surface area (Å²) in [5, 5.41) is -0.0340. The molecule has 0 spiro atoms. The van der Waals surface area contributed by atoms with Crippen molar-refractivity contribution in [2.45, 2.75) is 46.9 Å². The van der Waals surface area contributed by atoms with Gasteiger partial charge >= 0.3 is 151 Å². The summed E-state index contributed by atoms with van der Waals surface area (Å²) in [6.07, 6.45) is 5.46. The number of carbonyl (C=O) groups is 1. The third-order valence-corrected chi connectivity index (χ3v) is 10.3. The molecule has 1 heterocycles. The molecule has 1 aromatic rings. The molecular formula is C16H23ClFN3O2Sn. The molecule has 24 heavy (non-hydrogen) atoms. The zero-order chi connectivity index (χ0) is 17.5. The van der Waals surface area contributed by atoms with E-state index in [-0.39, 0.29) is 23.0 Å². The van der Waals surface area contributed by atoms with Crippen molar-refractivity contribution in [3.63, 3.8) is 0 Å². The van der Waals surface area contributed by atoms with Crippen LogP contribution in [0.5, 0.6) is 0 Å². The quantitative estimate of drug-likeness (QED) is 0.422. The zero-order valence-electron chi connectivity index (χ0n) is 14.2. The Morgan fingerprint density at radius 3 is 2.46 bits per heavy atom. The average molecular weight is 463 g/mol. The van der Waals surface area contributed by atoms with Crippen LogP contribution in [0.25, 0.3) is 0 Å². The summed E-state index contributed by atoms with van der Waals surface area (Å²) >= 11 is 3.11. The Morgan fingerprint density at radius 2 is 1.92 bits per heavy atom. The van der Waals surface area contributed by atoms with E-state index in [2.05, 4.69) is 15.4 Å². The Labute approximate surface area is 150 Å². The number of nitrogens with zero attached hydrogens (tertiary/aromatic N) is 2. The van der Waals surface area contributed by atoms with Gasteiger partial charge < -0.3 is 0 Å². The van der Waals surface area contributed by atoms with Crippen molar-refractivity contribution in [3.8, 4) is 0 Å². The van der Waals surface area contributed by atoms with Crippen molar-refractivity contribution in [2.24, 2.45) is 17.8 Å². The van der Waals surface area contributed by atoms with Crippen LogP contribution in [0.15, 0.2) is 0 Å². The summed E-state index contributed by atoms with van der Waals surface area (Å²) in [5.74, 6) is -0.0959. The number of carbonyl (C=O) groups excluding carboxylic acids is 1. The Hall–Kier alpha value is -0.631. The van der Waals surface area contributed by atoms with Gasteiger partial charge in [-0.2, -0.15) is 0 Å². The van der Waals surface area contributed by atoms with E-state index in [1.54, 1.807) is 0 Å². The van der Waals surface area contributed by atoms with Gasteiger partial charge in [0.25, 0.3) is 0 Å². The fourth-order valence-electron chi connectivity index (χ4n) is 3.83. The van der Waals surface area contributed by atoms with E-state index < -0.39 is 24.2 Å². The van der Waals surface area contributed by atoms with Gasteiger partial charge in [-0.05, 0) is 0 Å². The van der Waals surface area contributed by atoms with E-state index >= 15 is 0 Å². The van der Waals surface area contributed by atoms with Crippen LogP contribution in [0.2, 0.25) is 20.1 Å². The molecule has 5 nitrogen and oxygen atoms in total. The molecule has 1 N–H and O–H groups in total. The van der Waals surface area contributed by atoms with Crippen molar-refractivity contribution >= 4 is 45.5 Å². The number of halogens is 2. The molecule has 0 aromatic carbocycles. The van der Waals surface area contributed by atoms with Crippen LogP contribution in [0.1, 0.15) is 32.1 Å². The van der Waals surface area contributed by atoms with Crippen molar-refractivity contribution in [1.82, 2.24) is 9.97 Å². The van der Waals surface area contributed by atoms with E-state index in [4.69, 9.17) is 16.4 Å². The molecule has 0 radical (unpaired) electrons. The Morgan fingerprint density at radius 1 is 1.25 bits per heavy atom. The second-order valence-corrected chi connectivity index (χ2v) is 22.4.